The van der Waals surface area contributed by atoms with Crippen LogP contribution in [0.3, 0.4) is 0 Å². The van der Waals surface area contributed by atoms with Gasteiger partial charge in [-0.25, -0.2) is 4.39 Å². The van der Waals surface area contributed by atoms with Crippen molar-refractivity contribution >= 4 is 0 Å². The van der Waals surface area contributed by atoms with Gasteiger partial charge in [-0.2, -0.15) is 0 Å². The molecular weight excluding hydrogens is 328 g/mol. The molecule has 2 heterocycles. The van der Waals surface area contributed by atoms with Crippen LogP contribution < -0.4 is 15.2 Å². The maximum Gasteiger partial charge on any atom is 0.573 e. The fourth-order valence-electron chi connectivity index (χ4n) is 2.69. The number of fused-ring (bicyclic) bond motifs is 1. The van der Waals surface area contributed by atoms with Gasteiger partial charge >= 0.3 is 6.36 Å². The van der Waals surface area contributed by atoms with E-state index in [0.29, 0.717) is 23.4 Å². The fourth-order valence-corrected chi connectivity index (χ4v) is 2.69. The third-order valence-electron chi connectivity index (χ3n) is 3.84. The summed E-state index contributed by atoms with van der Waals surface area (Å²) in [6.45, 7) is 2.13. The van der Waals surface area contributed by atoms with Crippen LogP contribution in [0, 0.1) is 12.7 Å². The van der Waals surface area contributed by atoms with E-state index in [4.69, 9.17) is 10.5 Å². The first-order valence-electron chi connectivity index (χ1n) is 7.14. The molecule has 1 aromatic carbocycles. The summed E-state index contributed by atoms with van der Waals surface area (Å²) in [4.78, 5) is 4.28. The van der Waals surface area contributed by atoms with E-state index >= 15 is 0 Å². The number of pyridine rings is 1. The number of ether oxygens (including phenoxy) is 2. The van der Waals surface area contributed by atoms with Crippen LogP contribution in [0.15, 0.2) is 30.5 Å². The lowest BCUT2D eigenvalue weighted by atomic mass is 9.82. The van der Waals surface area contributed by atoms with E-state index in [1.54, 1.807) is 12.3 Å². The Hall–Kier alpha value is -2.35. The lowest BCUT2D eigenvalue weighted by molar-refractivity contribution is -0.275. The summed E-state index contributed by atoms with van der Waals surface area (Å²) >= 11 is 0. The van der Waals surface area contributed by atoms with E-state index in [1.807, 2.05) is 6.92 Å². The van der Waals surface area contributed by atoms with E-state index in [1.165, 1.54) is 6.07 Å². The van der Waals surface area contributed by atoms with Crippen LogP contribution in [0.5, 0.6) is 11.5 Å². The van der Waals surface area contributed by atoms with Crippen molar-refractivity contribution in [1.29, 1.82) is 0 Å². The second-order valence-corrected chi connectivity index (χ2v) is 5.62. The predicted octanol–water partition coefficient (Wildman–Crippen LogP) is 3.41. The van der Waals surface area contributed by atoms with Crippen molar-refractivity contribution < 1.29 is 27.0 Å². The summed E-state index contributed by atoms with van der Waals surface area (Å²) in [5.41, 5.74) is 6.86. The molecule has 2 N–H and O–H groups in total. The third-order valence-corrected chi connectivity index (χ3v) is 3.84. The number of halogens is 4. The van der Waals surface area contributed by atoms with Crippen LogP contribution in [0.2, 0.25) is 0 Å². The normalized spacial score (nSPS) is 20.2. The van der Waals surface area contributed by atoms with Crippen LogP contribution in [0.1, 0.15) is 23.2 Å². The summed E-state index contributed by atoms with van der Waals surface area (Å²) in [7, 11) is 0. The first-order chi connectivity index (χ1) is 11.2. The lowest BCUT2D eigenvalue weighted by Crippen LogP contribution is -2.43. The Kier molecular flexibility index (Phi) is 3.87. The molecule has 1 aromatic heterocycles. The minimum Gasteiger partial charge on any atom is -0.491 e. The van der Waals surface area contributed by atoms with Gasteiger partial charge in [0.2, 0.25) is 0 Å². The molecule has 3 rings (SSSR count). The van der Waals surface area contributed by atoms with Crippen molar-refractivity contribution in [2.24, 2.45) is 5.73 Å². The van der Waals surface area contributed by atoms with Crippen molar-refractivity contribution in [1.82, 2.24) is 4.98 Å². The monoisotopic (exact) mass is 342 g/mol. The van der Waals surface area contributed by atoms with E-state index in [-0.39, 0.29) is 6.61 Å². The molecule has 1 aliphatic rings. The van der Waals surface area contributed by atoms with Gasteiger partial charge < -0.3 is 15.2 Å². The molecule has 0 radical (unpaired) electrons. The Morgan fingerprint density at radius 1 is 1.29 bits per heavy atom. The molecule has 0 spiro atoms. The number of benzene rings is 1. The van der Waals surface area contributed by atoms with Gasteiger partial charge in [-0.1, -0.05) is 6.07 Å². The molecule has 0 fully saturated rings. The summed E-state index contributed by atoms with van der Waals surface area (Å²) in [6, 6.07) is 4.93. The molecule has 4 nitrogen and oxygen atoms in total. The van der Waals surface area contributed by atoms with Crippen LogP contribution in [-0.2, 0) is 5.54 Å². The maximum atomic E-state index is 14.0. The van der Waals surface area contributed by atoms with E-state index in [9.17, 15) is 17.6 Å². The molecule has 0 unspecified atom stereocenters. The molecule has 0 bridgehead atoms. The molecule has 128 valence electrons. The zero-order chi connectivity index (χ0) is 17.5. The Morgan fingerprint density at radius 3 is 2.71 bits per heavy atom. The SMILES string of the molecule is Cc1cnc2c(c1)OCC[C@]2(N)c1ccc(OC(F)(F)F)c(F)c1. The summed E-state index contributed by atoms with van der Waals surface area (Å²) in [6.07, 6.45) is -3.05. The first-order valence-corrected chi connectivity index (χ1v) is 7.14. The van der Waals surface area contributed by atoms with Crippen molar-refractivity contribution in [2.45, 2.75) is 25.2 Å². The van der Waals surface area contributed by atoms with E-state index in [2.05, 4.69) is 9.72 Å². The standard InChI is InChI=1S/C16H14F4N2O2/c1-9-6-13-14(22-8-9)15(21,4-5-23-13)10-2-3-12(11(17)7-10)24-16(18,19)20/h2-3,6-8H,4-5,21H2,1H3/t15-/m0/s1. The zero-order valence-corrected chi connectivity index (χ0v) is 12.7. The molecule has 0 aliphatic carbocycles. The number of hydrogen-bond acceptors (Lipinski definition) is 4. The number of rotatable bonds is 2. The minimum absolute atomic E-state index is 0.289. The average Bonchev–Trinajstić information content (AvgIpc) is 2.48. The van der Waals surface area contributed by atoms with Gasteiger partial charge in [0.05, 0.1) is 12.1 Å². The van der Waals surface area contributed by atoms with E-state index in [0.717, 1.165) is 17.7 Å². The lowest BCUT2D eigenvalue weighted by Gasteiger charge is -2.35. The Labute approximate surface area is 135 Å². The Balaban J connectivity index is 2.02. The summed E-state index contributed by atoms with van der Waals surface area (Å²) in [5.74, 6) is -1.56. The highest BCUT2D eigenvalue weighted by molar-refractivity contribution is 5.46. The van der Waals surface area contributed by atoms with Crippen LogP contribution >= 0.6 is 0 Å². The highest BCUT2D eigenvalue weighted by Gasteiger charge is 2.38. The van der Waals surface area contributed by atoms with Gasteiger partial charge in [0.15, 0.2) is 11.6 Å². The fraction of sp³-hybridized carbons (Fsp3) is 0.312. The van der Waals surface area contributed by atoms with Crippen molar-refractivity contribution in [2.75, 3.05) is 6.61 Å². The Bertz CT molecular complexity index is 779. The molecular formula is C16H14F4N2O2. The maximum absolute atomic E-state index is 14.0. The molecule has 2 aromatic rings. The number of nitrogens with two attached hydrogens (primary N) is 1. The molecule has 0 saturated carbocycles. The predicted molar refractivity (Wildman–Crippen MR) is 77.1 cm³/mol. The van der Waals surface area contributed by atoms with Crippen LogP contribution in [-0.4, -0.2) is 18.0 Å². The average molecular weight is 342 g/mol. The second-order valence-electron chi connectivity index (χ2n) is 5.62. The topological polar surface area (TPSA) is 57.4 Å². The molecule has 0 amide bonds. The van der Waals surface area contributed by atoms with Crippen LogP contribution in [0.4, 0.5) is 17.6 Å². The molecule has 0 saturated heterocycles. The second kappa shape index (κ2) is 5.62. The molecule has 1 atom stereocenters. The number of aromatic nitrogens is 1. The van der Waals surface area contributed by atoms with Crippen molar-refractivity contribution in [3.05, 3.63) is 53.1 Å². The van der Waals surface area contributed by atoms with Gasteiger partial charge in [0.1, 0.15) is 11.4 Å². The number of nitrogens with zero attached hydrogens (tertiary/aromatic N) is 1. The summed E-state index contributed by atoms with van der Waals surface area (Å²) < 4.78 is 59.9. The van der Waals surface area contributed by atoms with Gasteiger partial charge in [0.25, 0.3) is 0 Å². The quantitative estimate of drug-likeness (QED) is 0.850. The summed E-state index contributed by atoms with van der Waals surface area (Å²) in [5, 5.41) is 0. The largest absolute Gasteiger partial charge is 0.573 e. The molecule has 1 aliphatic heterocycles. The molecule has 8 heteroatoms. The third kappa shape index (κ3) is 3.01. The highest BCUT2D eigenvalue weighted by atomic mass is 19.4. The smallest absolute Gasteiger partial charge is 0.491 e. The minimum atomic E-state index is -4.97. The highest BCUT2D eigenvalue weighted by Crippen LogP contribution is 2.40. The number of aryl methyl sites for hydroxylation is 1. The number of alkyl halides is 3. The van der Waals surface area contributed by atoms with Crippen molar-refractivity contribution in [3.63, 3.8) is 0 Å². The first kappa shape index (κ1) is 16.5. The van der Waals surface area contributed by atoms with Crippen molar-refractivity contribution in [3.8, 4) is 11.5 Å². The zero-order valence-electron chi connectivity index (χ0n) is 12.7. The van der Waals surface area contributed by atoms with Gasteiger partial charge in [-0.05, 0) is 36.2 Å². The van der Waals surface area contributed by atoms with Crippen LogP contribution in [0.25, 0.3) is 0 Å². The van der Waals surface area contributed by atoms with Gasteiger partial charge in [-0.15, -0.1) is 13.2 Å². The number of hydrogen-bond donors (Lipinski definition) is 1. The van der Waals surface area contributed by atoms with Gasteiger partial charge in [0, 0.05) is 12.6 Å². The Morgan fingerprint density at radius 2 is 2.04 bits per heavy atom. The van der Waals surface area contributed by atoms with E-state index < -0.39 is 23.5 Å². The van der Waals surface area contributed by atoms with Gasteiger partial charge in [-0.3, -0.25) is 4.98 Å². The molecule has 24 heavy (non-hydrogen) atoms.